The van der Waals surface area contributed by atoms with Gasteiger partial charge in [0.25, 0.3) is 5.91 Å². The number of nitrogens with two attached hydrogens (primary N) is 1. The van der Waals surface area contributed by atoms with Crippen molar-refractivity contribution in [3.8, 4) is 16.2 Å². The van der Waals surface area contributed by atoms with Crippen molar-refractivity contribution in [3.63, 3.8) is 0 Å². The molecule has 4 aliphatic heterocycles. The number of carbonyl (C=O) groups excluding carboxylic acids is 4. The summed E-state index contributed by atoms with van der Waals surface area (Å²) < 4.78 is 21.6. The number of hydrogen-bond acceptors (Lipinski definition) is 15. The number of ether oxygens (including phenoxy) is 1. The van der Waals surface area contributed by atoms with Gasteiger partial charge in [-0.1, -0.05) is 63.2 Å². The summed E-state index contributed by atoms with van der Waals surface area (Å²) in [5.41, 5.74) is 7.72. The molecule has 21 heteroatoms. The summed E-state index contributed by atoms with van der Waals surface area (Å²) in [6.45, 7) is 16.1. The second-order valence-corrected chi connectivity index (χ2v) is 24.8. The molecule has 0 unspecified atom stereocenters. The molecule has 17 nitrogen and oxygen atoms in total. The van der Waals surface area contributed by atoms with Crippen LogP contribution in [0.2, 0.25) is 5.02 Å². The zero-order chi connectivity index (χ0) is 53.4. The lowest BCUT2D eigenvalue weighted by molar-refractivity contribution is -0.145. The Morgan fingerprint density at radius 3 is 2.31 bits per heavy atom. The number of hydrogen-bond donors (Lipinski definition) is 4. The van der Waals surface area contributed by atoms with Crippen LogP contribution < -0.4 is 30.9 Å². The van der Waals surface area contributed by atoms with Crippen molar-refractivity contribution >= 4 is 70.0 Å². The predicted octanol–water partition coefficient (Wildman–Crippen LogP) is 7.13. The van der Waals surface area contributed by atoms with Crippen LogP contribution in [0.25, 0.3) is 10.4 Å². The fraction of sp³-hybridized carbons (Fsp3) is 0.593. The quantitative estimate of drug-likeness (QED) is 0.0933. The van der Waals surface area contributed by atoms with Crippen LogP contribution in [0, 0.1) is 23.7 Å². The first-order chi connectivity index (χ1) is 35.7. The molecule has 1 saturated carbocycles. The Balaban J connectivity index is 0.798. The average Bonchev–Trinajstić information content (AvgIpc) is 3.81. The Morgan fingerprint density at radius 2 is 1.68 bits per heavy atom. The fourth-order valence-corrected chi connectivity index (χ4v) is 12.5. The number of rotatable bonds is 15. The van der Waals surface area contributed by atoms with Crippen molar-refractivity contribution in [2.45, 2.75) is 145 Å². The number of β-amino-alcohol motifs (C(OH)–C–C–N with tert-alkyl or cyclic N) is 1. The smallest absolute Gasteiger partial charge is 0.258 e. The number of anilines is 2. The molecule has 7 heterocycles. The molecule has 3 aromatic heterocycles. The number of carbonyl (C=O) groups is 4. The van der Waals surface area contributed by atoms with Gasteiger partial charge in [0, 0.05) is 87.6 Å². The van der Waals surface area contributed by atoms with E-state index in [-0.39, 0.29) is 49.2 Å². The number of thiazole rings is 1. The molecule has 4 amide bonds. The highest BCUT2D eigenvalue weighted by Crippen LogP contribution is 2.42. The number of piperidine rings is 3. The van der Waals surface area contributed by atoms with Gasteiger partial charge in [0.05, 0.1) is 45.6 Å². The van der Waals surface area contributed by atoms with Gasteiger partial charge in [0.1, 0.15) is 40.6 Å². The number of aliphatic hydroxyl groups excluding tert-OH is 1. The second-order valence-electron chi connectivity index (χ2n) is 22.6. The van der Waals surface area contributed by atoms with E-state index in [1.54, 1.807) is 38.7 Å². The number of aryl methyl sites for hydroxylation is 1. The zero-order valence-corrected chi connectivity index (χ0v) is 46.2. The Kier molecular flexibility index (Phi) is 16.3. The summed E-state index contributed by atoms with van der Waals surface area (Å²) in [4.78, 5) is 83.2. The van der Waals surface area contributed by atoms with Crippen molar-refractivity contribution in [1.29, 1.82) is 0 Å². The molecule has 0 radical (unpaired) electrons. The number of aliphatic hydroxyl groups is 1. The number of benzene rings is 1. The van der Waals surface area contributed by atoms with Crippen molar-refractivity contribution in [2.24, 2.45) is 22.5 Å². The molecule has 5 aliphatic rings. The van der Waals surface area contributed by atoms with Crippen LogP contribution in [0.15, 0.2) is 58.3 Å². The summed E-state index contributed by atoms with van der Waals surface area (Å²) in [5.74, 6) is 0.313. The first-order valence-corrected chi connectivity index (χ1v) is 28.4. The Hall–Kier alpha value is -5.15. The monoisotopic (exact) mass is 1090 g/mol. The number of halogens is 2. The van der Waals surface area contributed by atoms with Gasteiger partial charge >= 0.3 is 0 Å². The van der Waals surface area contributed by atoms with Crippen molar-refractivity contribution in [3.05, 3.63) is 64.6 Å². The number of aromatic nitrogens is 4. The minimum atomic E-state index is -1.99. The van der Waals surface area contributed by atoms with Crippen molar-refractivity contribution < 1.29 is 33.4 Å². The zero-order valence-electron chi connectivity index (χ0n) is 43.8. The highest BCUT2D eigenvalue weighted by Gasteiger charge is 2.53. The maximum atomic E-state index is 14.8. The van der Waals surface area contributed by atoms with Gasteiger partial charge < -0.3 is 45.8 Å². The van der Waals surface area contributed by atoms with Crippen LogP contribution in [-0.2, 0) is 19.2 Å². The fourth-order valence-electron chi connectivity index (χ4n) is 10.6. The van der Waals surface area contributed by atoms with Crippen LogP contribution in [-0.4, -0.2) is 141 Å². The van der Waals surface area contributed by atoms with Crippen LogP contribution >= 0.6 is 34.7 Å². The molecule has 9 rings (SSSR count). The van der Waals surface area contributed by atoms with E-state index < -0.39 is 53.0 Å². The lowest BCUT2D eigenvalue weighted by Crippen LogP contribution is -2.59. The third kappa shape index (κ3) is 12.3. The van der Waals surface area contributed by atoms with Gasteiger partial charge in [-0.25, -0.2) is 24.3 Å². The van der Waals surface area contributed by atoms with Gasteiger partial charge in [-0.2, -0.15) is 0 Å². The van der Waals surface area contributed by atoms with Gasteiger partial charge in [-0.05, 0) is 87.4 Å². The van der Waals surface area contributed by atoms with E-state index in [0.717, 1.165) is 63.4 Å². The van der Waals surface area contributed by atoms with Gasteiger partial charge in [0.15, 0.2) is 5.67 Å². The topological polar surface area (TPSA) is 212 Å². The van der Waals surface area contributed by atoms with Crippen molar-refractivity contribution in [2.75, 3.05) is 62.2 Å². The third-order valence-electron chi connectivity index (χ3n) is 15.8. The number of pyridine rings is 1. The highest BCUT2D eigenvalue weighted by atomic mass is 35.5. The number of alkyl halides is 1. The molecule has 0 spiro atoms. The van der Waals surface area contributed by atoms with Gasteiger partial charge in [-0.15, -0.1) is 11.3 Å². The summed E-state index contributed by atoms with van der Waals surface area (Å²) >= 11 is 10.0. The number of amides is 4. The van der Waals surface area contributed by atoms with Crippen LogP contribution in [0.4, 0.5) is 16.0 Å². The average molecular weight is 1090 g/mol. The first kappa shape index (κ1) is 54.6. The second kappa shape index (κ2) is 22.4. The molecule has 0 bridgehead atoms. The normalized spacial score (nSPS) is 21.9. The van der Waals surface area contributed by atoms with Gasteiger partial charge in [-0.3, -0.25) is 19.2 Å². The Morgan fingerprint density at radius 1 is 0.960 bits per heavy atom. The van der Waals surface area contributed by atoms with E-state index in [1.165, 1.54) is 28.0 Å². The molecule has 1 aromatic carbocycles. The standard InChI is InChI=1S/C54H71ClFN11O6S2/c1-32(62-48(69)39-26-36(68)29-67(39)50(71)46(52(3,4)5)63-51(72)54(56)14-15-54)38-8-7-35(45-33(2)61-31-74-45)25-40(38)73-37-12-21-66(22-13-37)49(70)34-10-19-65(20-11-34)47-44(55)41(9-18-58-47)75-43-28-59-42(27-60-43)64-23-16-53(6,30-57)17-24-64/h7-9,18,25,27-28,31-32,34,36-37,39,46,68H,10-17,19-24,26,29-30,57H2,1-6H3,(H,62,69)(H,63,72)/t32-,36+,39-,46+/m0/s1. The lowest BCUT2D eigenvalue weighted by atomic mass is 9.80. The molecule has 4 saturated heterocycles. The Bertz CT molecular complexity index is 2720. The van der Waals surface area contributed by atoms with E-state index in [4.69, 9.17) is 32.0 Å². The molecule has 75 heavy (non-hydrogen) atoms. The van der Waals surface area contributed by atoms with E-state index >= 15 is 0 Å². The van der Waals surface area contributed by atoms with Crippen molar-refractivity contribution in [1.82, 2.24) is 40.4 Å². The summed E-state index contributed by atoms with van der Waals surface area (Å²) in [6.07, 6.45) is 9.05. The molecular weight excluding hydrogens is 1020 g/mol. The van der Waals surface area contributed by atoms with E-state index in [0.29, 0.717) is 75.0 Å². The van der Waals surface area contributed by atoms with Crippen LogP contribution in [0.1, 0.15) is 110 Å². The lowest BCUT2D eigenvalue weighted by Gasteiger charge is -2.39. The molecule has 5 N–H and O–H groups in total. The number of nitrogens with zero attached hydrogens (tertiary/aromatic N) is 8. The minimum absolute atomic E-state index is 0.00656. The molecule has 404 valence electrons. The largest absolute Gasteiger partial charge is 0.490 e. The maximum absolute atomic E-state index is 14.8. The number of nitrogens with one attached hydrogen (secondary N) is 2. The Labute approximate surface area is 452 Å². The van der Waals surface area contributed by atoms with E-state index in [2.05, 4.69) is 37.3 Å². The number of likely N-dealkylation sites (tertiary alicyclic amines) is 2. The minimum Gasteiger partial charge on any atom is -0.490 e. The summed E-state index contributed by atoms with van der Waals surface area (Å²) in [5, 5.41) is 17.8. The molecular formula is C54H71ClFN11O6S2. The van der Waals surface area contributed by atoms with E-state index in [1.807, 2.05) is 49.2 Å². The molecule has 1 aliphatic carbocycles. The highest BCUT2D eigenvalue weighted by molar-refractivity contribution is 7.99. The first-order valence-electron chi connectivity index (χ1n) is 26.4. The van der Waals surface area contributed by atoms with Crippen LogP contribution in [0.3, 0.4) is 0 Å². The summed E-state index contributed by atoms with van der Waals surface area (Å²) in [7, 11) is 0. The van der Waals surface area contributed by atoms with Gasteiger partial charge in [0.2, 0.25) is 17.7 Å². The maximum Gasteiger partial charge on any atom is 0.258 e. The third-order valence-corrected chi connectivity index (χ3v) is 18.3. The molecule has 4 aromatic rings. The molecule has 5 fully saturated rings. The van der Waals surface area contributed by atoms with E-state index in [9.17, 15) is 28.7 Å². The van der Waals surface area contributed by atoms with Crippen LogP contribution in [0.5, 0.6) is 5.75 Å². The predicted molar refractivity (Wildman–Crippen MR) is 289 cm³/mol. The summed E-state index contributed by atoms with van der Waals surface area (Å²) in [6, 6.07) is 5.06. The SMILES string of the molecule is Cc1ncsc1-c1ccc([C@H](C)NC(=O)[C@@H]2C[C@@H](O)CN2C(=O)[C@@H](NC(=O)C2(F)CC2)C(C)(C)C)c(OC2CCN(C(=O)C3CCN(c4nccc(Sc5cnc(N6CCC(C)(CN)CC6)cn5)c4Cl)CC3)CC2)c1. The molecule has 4 atom stereocenters.